The maximum absolute atomic E-state index is 13.0. The number of ether oxygens (including phenoxy) is 1. The van der Waals surface area contributed by atoms with Crippen LogP contribution < -0.4 is 14.4 Å². The van der Waals surface area contributed by atoms with Gasteiger partial charge in [0.05, 0.1) is 18.8 Å². The molecule has 0 aliphatic heterocycles. The number of carbonyl (C=O) groups excluding carboxylic acids is 1. The van der Waals surface area contributed by atoms with E-state index in [1.54, 1.807) is 13.2 Å². The van der Waals surface area contributed by atoms with Gasteiger partial charge in [-0.2, -0.15) is 12.7 Å². The Bertz CT molecular complexity index is 972. The lowest BCUT2D eigenvalue weighted by Gasteiger charge is -2.29. The average molecular weight is 434 g/mol. The number of nitrogens with one attached hydrogen (secondary N) is 1. The molecule has 0 heterocycles. The van der Waals surface area contributed by atoms with Crippen molar-refractivity contribution in [2.75, 3.05) is 32.1 Å². The third kappa shape index (κ3) is 5.52. The Balaban J connectivity index is 2.30. The highest BCUT2D eigenvalue weighted by Crippen LogP contribution is 2.26. The van der Waals surface area contributed by atoms with E-state index in [-0.39, 0.29) is 18.5 Å². The zero-order valence-corrected chi connectivity index (χ0v) is 19.3. The highest BCUT2D eigenvalue weighted by Gasteiger charge is 2.29. The van der Waals surface area contributed by atoms with Gasteiger partial charge in [-0.1, -0.05) is 31.2 Å². The molecule has 0 fully saturated rings. The van der Waals surface area contributed by atoms with Crippen LogP contribution in [0.1, 0.15) is 36.1 Å². The Morgan fingerprint density at radius 3 is 2.27 bits per heavy atom. The Morgan fingerprint density at radius 1 is 1.10 bits per heavy atom. The fraction of sp³-hybridized carbons (Fsp3) is 0.409. The second-order valence-electron chi connectivity index (χ2n) is 7.39. The molecule has 2 aromatic rings. The summed E-state index contributed by atoms with van der Waals surface area (Å²) in [5.41, 5.74) is 3.12. The highest BCUT2D eigenvalue weighted by atomic mass is 32.2. The van der Waals surface area contributed by atoms with Crippen molar-refractivity contribution >= 4 is 21.8 Å². The maximum atomic E-state index is 13.0. The van der Waals surface area contributed by atoms with Gasteiger partial charge in [0.2, 0.25) is 5.91 Å². The fourth-order valence-corrected chi connectivity index (χ4v) is 4.22. The van der Waals surface area contributed by atoms with Gasteiger partial charge in [-0.3, -0.25) is 4.79 Å². The van der Waals surface area contributed by atoms with Gasteiger partial charge in [0, 0.05) is 14.1 Å². The van der Waals surface area contributed by atoms with Crippen LogP contribution in [0, 0.1) is 13.8 Å². The van der Waals surface area contributed by atoms with E-state index in [0.29, 0.717) is 12.1 Å². The smallest absolute Gasteiger partial charge is 0.304 e. The molecule has 1 atom stereocenters. The quantitative estimate of drug-likeness (QED) is 0.659. The minimum absolute atomic E-state index is 0.231. The topological polar surface area (TPSA) is 79.0 Å². The predicted octanol–water partition coefficient (Wildman–Crippen LogP) is 3.19. The van der Waals surface area contributed by atoms with Crippen molar-refractivity contribution in [1.29, 1.82) is 0 Å². The molecular formula is C22H31N3O4S. The third-order valence-electron chi connectivity index (χ3n) is 4.92. The first-order valence-electron chi connectivity index (χ1n) is 9.80. The van der Waals surface area contributed by atoms with E-state index >= 15 is 0 Å². The Morgan fingerprint density at radius 2 is 1.73 bits per heavy atom. The molecular weight excluding hydrogens is 402 g/mol. The molecule has 2 rings (SSSR count). The van der Waals surface area contributed by atoms with Gasteiger partial charge in [0.25, 0.3) is 0 Å². The summed E-state index contributed by atoms with van der Waals surface area (Å²) in [5.74, 6) is 0.363. The lowest BCUT2D eigenvalue weighted by Crippen LogP contribution is -2.46. The predicted molar refractivity (Wildman–Crippen MR) is 120 cm³/mol. The number of carbonyl (C=O) groups is 1. The molecule has 0 unspecified atom stereocenters. The molecule has 0 aliphatic carbocycles. The van der Waals surface area contributed by atoms with Gasteiger partial charge < -0.3 is 10.1 Å². The molecule has 0 aliphatic rings. The van der Waals surface area contributed by atoms with Gasteiger partial charge in [0.1, 0.15) is 12.3 Å². The van der Waals surface area contributed by atoms with Gasteiger partial charge in [-0.25, -0.2) is 4.31 Å². The van der Waals surface area contributed by atoms with E-state index in [1.165, 1.54) is 14.1 Å². The van der Waals surface area contributed by atoms with Crippen LogP contribution in [0.15, 0.2) is 42.5 Å². The molecule has 8 heteroatoms. The van der Waals surface area contributed by atoms with Crippen molar-refractivity contribution in [1.82, 2.24) is 9.62 Å². The third-order valence-corrected chi connectivity index (χ3v) is 6.73. The molecule has 0 saturated carbocycles. The summed E-state index contributed by atoms with van der Waals surface area (Å²) in [6, 6.07) is 12.8. The van der Waals surface area contributed by atoms with E-state index < -0.39 is 10.2 Å². The summed E-state index contributed by atoms with van der Waals surface area (Å²) < 4.78 is 33.4. The van der Waals surface area contributed by atoms with E-state index in [4.69, 9.17) is 4.74 Å². The standard InChI is InChI=1S/C22H31N3O4S/c1-7-20(18-10-12-19(29-6)13-11-18)23-22(26)15-25(30(27,28)24(4)5)21-14-16(2)8-9-17(21)3/h8-14,20H,7,15H2,1-6H3,(H,23,26)/t20-/m1/s1. The SMILES string of the molecule is CC[C@@H](NC(=O)CN(c1cc(C)ccc1C)S(=O)(=O)N(C)C)c1ccc(OC)cc1. The molecule has 1 N–H and O–H groups in total. The second kappa shape index (κ2) is 9.95. The normalized spacial score (nSPS) is 12.5. The molecule has 0 bridgehead atoms. The summed E-state index contributed by atoms with van der Waals surface area (Å²) in [5, 5.41) is 2.96. The number of anilines is 1. The first-order chi connectivity index (χ1) is 14.1. The number of amides is 1. The van der Waals surface area contributed by atoms with Crippen molar-refractivity contribution in [2.45, 2.75) is 33.2 Å². The number of hydrogen-bond acceptors (Lipinski definition) is 4. The van der Waals surface area contributed by atoms with Gasteiger partial charge in [0.15, 0.2) is 0 Å². The molecule has 0 saturated heterocycles. The Hall–Kier alpha value is -2.58. The van der Waals surface area contributed by atoms with Crippen molar-refractivity contribution in [3.8, 4) is 5.75 Å². The lowest BCUT2D eigenvalue weighted by atomic mass is 10.0. The first kappa shape index (κ1) is 23.7. The van der Waals surface area contributed by atoms with E-state index in [0.717, 1.165) is 31.1 Å². The first-order valence-corrected chi connectivity index (χ1v) is 11.2. The Labute approximate surface area is 179 Å². The maximum Gasteiger partial charge on any atom is 0.304 e. The van der Waals surface area contributed by atoms with E-state index in [9.17, 15) is 13.2 Å². The van der Waals surface area contributed by atoms with Crippen LogP contribution in [0.3, 0.4) is 0 Å². The zero-order chi connectivity index (χ0) is 22.5. The molecule has 30 heavy (non-hydrogen) atoms. The second-order valence-corrected chi connectivity index (χ2v) is 9.45. The number of benzene rings is 2. The van der Waals surface area contributed by atoms with Crippen molar-refractivity contribution < 1.29 is 17.9 Å². The number of rotatable bonds is 9. The van der Waals surface area contributed by atoms with Gasteiger partial charge >= 0.3 is 10.2 Å². The highest BCUT2D eigenvalue weighted by molar-refractivity contribution is 7.90. The van der Waals surface area contributed by atoms with Crippen molar-refractivity contribution in [2.24, 2.45) is 0 Å². The van der Waals surface area contributed by atoms with E-state index in [2.05, 4.69) is 5.32 Å². The molecule has 164 valence electrons. The lowest BCUT2D eigenvalue weighted by molar-refractivity contribution is -0.120. The summed E-state index contributed by atoms with van der Waals surface area (Å²) in [6.07, 6.45) is 0.669. The largest absolute Gasteiger partial charge is 0.497 e. The average Bonchev–Trinajstić information content (AvgIpc) is 2.72. The van der Waals surface area contributed by atoms with Crippen LogP contribution in [0.5, 0.6) is 5.75 Å². The number of aryl methyl sites for hydroxylation is 2. The summed E-state index contributed by atoms with van der Waals surface area (Å²) in [4.78, 5) is 12.9. The van der Waals surface area contributed by atoms with Crippen LogP contribution >= 0.6 is 0 Å². The van der Waals surface area contributed by atoms with Gasteiger partial charge in [-0.15, -0.1) is 0 Å². The minimum atomic E-state index is -3.85. The summed E-state index contributed by atoms with van der Waals surface area (Å²) in [7, 11) is 0.657. The van der Waals surface area contributed by atoms with Crippen LogP contribution in [0.25, 0.3) is 0 Å². The van der Waals surface area contributed by atoms with Gasteiger partial charge in [-0.05, 0) is 55.2 Å². The van der Waals surface area contributed by atoms with Crippen LogP contribution in [-0.4, -0.2) is 46.4 Å². The molecule has 1 amide bonds. The zero-order valence-electron chi connectivity index (χ0n) is 18.5. The van der Waals surface area contributed by atoms with Crippen molar-refractivity contribution in [3.63, 3.8) is 0 Å². The number of hydrogen-bond donors (Lipinski definition) is 1. The van der Waals surface area contributed by atoms with Crippen molar-refractivity contribution in [3.05, 3.63) is 59.2 Å². The number of nitrogens with zero attached hydrogens (tertiary/aromatic N) is 2. The summed E-state index contributed by atoms with van der Waals surface area (Å²) >= 11 is 0. The molecule has 7 nitrogen and oxygen atoms in total. The Kier molecular flexibility index (Phi) is 7.86. The van der Waals surface area contributed by atoms with Crippen LogP contribution in [-0.2, 0) is 15.0 Å². The number of methoxy groups -OCH3 is 1. The molecule has 0 spiro atoms. The minimum Gasteiger partial charge on any atom is -0.497 e. The molecule has 2 aromatic carbocycles. The monoisotopic (exact) mass is 433 g/mol. The van der Waals surface area contributed by atoms with Crippen LogP contribution in [0.4, 0.5) is 5.69 Å². The fourth-order valence-electron chi connectivity index (χ4n) is 3.10. The molecule has 0 radical (unpaired) electrons. The molecule has 0 aromatic heterocycles. The van der Waals surface area contributed by atoms with Crippen LogP contribution in [0.2, 0.25) is 0 Å². The van der Waals surface area contributed by atoms with E-state index in [1.807, 2.05) is 57.2 Å². The summed E-state index contributed by atoms with van der Waals surface area (Å²) in [6.45, 7) is 5.38.